The van der Waals surface area contributed by atoms with Gasteiger partial charge >= 0.3 is 0 Å². The molecule has 9 heteroatoms. The maximum atomic E-state index is 12.6. The fourth-order valence-corrected chi connectivity index (χ4v) is 4.05. The molecule has 0 aliphatic heterocycles. The number of aromatic nitrogens is 4. The maximum Gasteiger partial charge on any atom is 0.265 e. The molecule has 25 heavy (non-hydrogen) atoms. The fraction of sp³-hybridized carbons (Fsp3) is 0.250. The van der Waals surface area contributed by atoms with Crippen molar-refractivity contribution in [1.29, 1.82) is 0 Å². The Labute approximate surface area is 154 Å². The zero-order chi connectivity index (χ0) is 18.0. The largest absolute Gasteiger partial charge is 0.280 e. The molecule has 0 unspecified atom stereocenters. The van der Waals surface area contributed by atoms with E-state index in [0.29, 0.717) is 24.5 Å². The summed E-state index contributed by atoms with van der Waals surface area (Å²) in [4.78, 5) is 0.191. The summed E-state index contributed by atoms with van der Waals surface area (Å²) in [6, 6.07) is 7.26. The zero-order valence-corrected chi connectivity index (χ0v) is 16.2. The van der Waals surface area contributed by atoms with Gasteiger partial charge in [0, 0.05) is 24.6 Å². The minimum atomic E-state index is -3.68. The van der Waals surface area contributed by atoms with Crippen LogP contribution in [-0.2, 0) is 23.1 Å². The molecule has 132 valence electrons. The molecule has 0 atom stereocenters. The number of nitrogens with zero attached hydrogens (tertiary/aromatic N) is 4. The molecule has 3 aromatic rings. The molecule has 7 nitrogen and oxygen atoms in total. The van der Waals surface area contributed by atoms with Gasteiger partial charge in [-0.15, -0.1) is 0 Å². The molecule has 2 heterocycles. The summed E-state index contributed by atoms with van der Waals surface area (Å²) in [7, 11) is -3.68. The molecule has 0 radical (unpaired) electrons. The number of rotatable bonds is 6. The van der Waals surface area contributed by atoms with E-state index in [0.717, 1.165) is 10.0 Å². The van der Waals surface area contributed by atoms with Crippen LogP contribution in [0.3, 0.4) is 0 Å². The van der Waals surface area contributed by atoms with Crippen LogP contribution in [0, 0.1) is 6.92 Å². The molecule has 0 spiro atoms. The molecular weight excluding hydrogens is 406 g/mol. The summed E-state index contributed by atoms with van der Waals surface area (Å²) < 4.78 is 32.2. The van der Waals surface area contributed by atoms with Crippen LogP contribution < -0.4 is 4.72 Å². The number of nitrogens with one attached hydrogen (secondary N) is 1. The Morgan fingerprint density at radius 3 is 2.68 bits per heavy atom. The molecule has 1 N–H and O–H groups in total. The Morgan fingerprint density at radius 2 is 2.04 bits per heavy atom. The van der Waals surface area contributed by atoms with Gasteiger partial charge in [-0.2, -0.15) is 10.2 Å². The average Bonchev–Trinajstić information content (AvgIpc) is 3.13. The van der Waals surface area contributed by atoms with E-state index >= 15 is 0 Å². The number of benzene rings is 1. The molecule has 2 aromatic heterocycles. The van der Waals surface area contributed by atoms with Crippen molar-refractivity contribution in [3.63, 3.8) is 0 Å². The van der Waals surface area contributed by atoms with Gasteiger partial charge in [0.05, 0.1) is 22.9 Å². The van der Waals surface area contributed by atoms with Gasteiger partial charge in [-0.25, -0.2) is 8.42 Å². The predicted molar refractivity (Wildman–Crippen MR) is 98.9 cm³/mol. The number of aryl methyl sites for hydroxylation is 2. The lowest BCUT2D eigenvalue weighted by atomic mass is 10.2. The van der Waals surface area contributed by atoms with Gasteiger partial charge in [-0.3, -0.25) is 14.1 Å². The topological polar surface area (TPSA) is 81.8 Å². The summed E-state index contributed by atoms with van der Waals surface area (Å²) in [5.74, 6) is 0. The van der Waals surface area contributed by atoms with Crippen LogP contribution in [0.15, 0.2) is 52.2 Å². The van der Waals surface area contributed by atoms with Crippen LogP contribution in [0.25, 0.3) is 0 Å². The van der Waals surface area contributed by atoms with Gasteiger partial charge in [0.25, 0.3) is 10.0 Å². The van der Waals surface area contributed by atoms with E-state index in [1.807, 2.05) is 25.3 Å². The van der Waals surface area contributed by atoms with Crippen LogP contribution in [0.5, 0.6) is 0 Å². The Hall–Kier alpha value is -2.13. The Balaban J connectivity index is 1.82. The van der Waals surface area contributed by atoms with Gasteiger partial charge in [0.2, 0.25) is 0 Å². The van der Waals surface area contributed by atoms with Crippen molar-refractivity contribution in [3.8, 4) is 0 Å². The third-order valence-corrected chi connectivity index (χ3v) is 5.53. The number of sulfonamides is 1. The van der Waals surface area contributed by atoms with Crippen molar-refractivity contribution < 1.29 is 8.42 Å². The summed E-state index contributed by atoms with van der Waals surface area (Å²) in [6.07, 6.45) is 5.11. The van der Waals surface area contributed by atoms with Crippen molar-refractivity contribution in [3.05, 3.63) is 58.6 Å². The highest BCUT2D eigenvalue weighted by atomic mass is 79.9. The van der Waals surface area contributed by atoms with E-state index in [1.165, 1.54) is 0 Å². The minimum absolute atomic E-state index is 0.191. The van der Waals surface area contributed by atoms with E-state index in [2.05, 4.69) is 30.8 Å². The second-order valence-electron chi connectivity index (χ2n) is 5.60. The lowest BCUT2D eigenvalue weighted by Gasteiger charge is -2.09. The Bertz CT molecular complexity index is 994. The van der Waals surface area contributed by atoms with Crippen molar-refractivity contribution in [2.45, 2.75) is 31.8 Å². The van der Waals surface area contributed by atoms with Crippen LogP contribution in [0.2, 0.25) is 0 Å². The highest BCUT2D eigenvalue weighted by Gasteiger charge is 2.20. The molecular formula is C16H18BrN5O2S. The molecule has 0 fully saturated rings. The molecule has 3 rings (SSSR count). The van der Waals surface area contributed by atoms with Gasteiger partial charge < -0.3 is 0 Å². The van der Waals surface area contributed by atoms with E-state index in [-0.39, 0.29) is 4.90 Å². The highest BCUT2D eigenvalue weighted by Crippen LogP contribution is 2.20. The first-order valence-corrected chi connectivity index (χ1v) is 9.99. The molecule has 0 saturated heterocycles. The SMILES string of the molecule is CCn1cc(S(=O)(=O)Nc2cccc(Cn3cc(Br)cn3)c2)c(C)n1. The van der Waals surface area contributed by atoms with E-state index < -0.39 is 10.0 Å². The molecule has 0 bridgehead atoms. The van der Waals surface area contributed by atoms with Crippen molar-refractivity contribution in [2.24, 2.45) is 0 Å². The van der Waals surface area contributed by atoms with E-state index in [1.54, 1.807) is 40.8 Å². The molecule has 0 aliphatic carbocycles. The van der Waals surface area contributed by atoms with Crippen LogP contribution in [0.1, 0.15) is 18.2 Å². The smallest absolute Gasteiger partial charge is 0.265 e. The first kappa shape index (κ1) is 17.7. The molecule has 0 amide bonds. The minimum Gasteiger partial charge on any atom is -0.280 e. The Kier molecular flexibility index (Phi) is 4.96. The van der Waals surface area contributed by atoms with E-state index in [9.17, 15) is 8.42 Å². The molecule has 0 saturated carbocycles. The number of anilines is 1. The summed E-state index contributed by atoms with van der Waals surface area (Å²) >= 11 is 3.36. The molecule has 0 aliphatic rings. The van der Waals surface area contributed by atoms with Gasteiger partial charge in [-0.05, 0) is 47.5 Å². The van der Waals surface area contributed by atoms with Crippen LogP contribution in [-0.4, -0.2) is 28.0 Å². The fourth-order valence-electron chi connectivity index (χ4n) is 2.48. The standard InChI is InChI=1S/C16H18BrN5O2S/c1-3-21-11-16(12(2)19-21)25(23,24)20-15-6-4-5-13(7-15)9-22-10-14(17)8-18-22/h4-8,10-11,20H,3,9H2,1-2H3. The van der Waals surface area contributed by atoms with Gasteiger partial charge in [0.1, 0.15) is 4.90 Å². The normalized spacial score (nSPS) is 11.6. The van der Waals surface area contributed by atoms with Gasteiger partial charge in [-0.1, -0.05) is 12.1 Å². The highest BCUT2D eigenvalue weighted by molar-refractivity contribution is 9.10. The average molecular weight is 424 g/mol. The summed E-state index contributed by atoms with van der Waals surface area (Å²) in [5.41, 5.74) is 1.93. The first-order chi connectivity index (χ1) is 11.9. The summed E-state index contributed by atoms with van der Waals surface area (Å²) in [6.45, 7) is 4.76. The first-order valence-electron chi connectivity index (χ1n) is 7.71. The second kappa shape index (κ2) is 7.01. The zero-order valence-electron chi connectivity index (χ0n) is 13.8. The quantitative estimate of drug-likeness (QED) is 0.660. The molecule has 1 aromatic carbocycles. The van der Waals surface area contributed by atoms with Crippen LogP contribution >= 0.6 is 15.9 Å². The third kappa shape index (κ3) is 4.10. The number of halogens is 1. The number of hydrogen-bond acceptors (Lipinski definition) is 4. The van der Waals surface area contributed by atoms with E-state index in [4.69, 9.17) is 0 Å². The second-order valence-corrected chi connectivity index (χ2v) is 8.16. The third-order valence-electron chi connectivity index (χ3n) is 3.64. The number of hydrogen-bond donors (Lipinski definition) is 1. The van der Waals surface area contributed by atoms with Crippen molar-refractivity contribution in [1.82, 2.24) is 19.6 Å². The lowest BCUT2D eigenvalue weighted by Crippen LogP contribution is -2.13. The summed E-state index contributed by atoms with van der Waals surface area (Å²) in [5, 5.41) is 8.40. The van der Waals surface area contributed by atoms with Crippen molar-refractivity contribution >= 4 is 31.6 Å². The predicted octanol–water partition coefficient (Wildman–Crippen LogP) is 3.02. The van der Waals surface area contributed by atoms with Crippen molar-refractivity contribution in [2.75, 3.05) is 4.72 Å². The monoisotopic (exact) mass is 423 g/mol. The Morgan fingerprint density at radius 1 is 1.24 bits per heavy atom. The lowest BCUT2D eigenvalue weighted by molar-refractivity contribution is 0.600. The van der Waals surface area contributed by atoms with Gasteiger partial charge in [0.15, 0.2) is 0 Å². The van der Waals surface area contributed by atoms with Crippen LogP contribution in [0.4, 0.5) is 5.69 Å². The maximum absolute atomic E-state index is 12.6.